The lowest BCUT2D eigenvalue weighted by molar-refractivity contribution is -0.326. The second kappa shape index (κ2) is 3.26. The molecule has 0 saturated carbocycles. The van der Waals surface area contributed by atoms with Gasteiger partial charge in [-0.15, -0.1) is 0 Å². The maximum atomic E-state index is 12.0. The van der Waals surface area contributed by atoms with E-state index in [9.17, 15) is 35.1 Å². The van der Waals surface area contributed by atoms with Crippen LogP contribution in [-0.4, -0.2) is 22.6 Å². The molecule has 0 aromatic heterocycles. The van der Waals surface area contributed by atoms with Crippen molar-refractivity contribution >= 4 is 23.2 Å². The molecular weight excluding hydrogens is 271 g/mol. The number of hydrogen-bond donors (Lipinski definition) is 0. The molecule has 0 unspecified atom stereocenters. The maximum absolute atomic E-state index is 12.0. The number of rotatable bonds is 3. The van der Waals surface area contributed by atoms with Crippen LogP contribution in [0.2, 0.25) is 0 Å². The van der Waals surface area contributed by atoms with Gasteiger partial charge in [0.1, 0.15) is 0 Å². The van der Waals surface area contributed by atoms with Crippen molar-refractivity contribution < 1.29 is 35.1 Å². The molecule has 0 radical (unpaired) electrons. The number of hydrogen-bond acceptors (Lipinski definition) is 0. The Kier molecular flexibility index (Phi) is 3.27. The van der Waals surface area contributed by atoms with E-state index in [0.29, 0.717) is 0 Å². The minimum atomic E-state index is -6.47. The topological polar surface area (TPSA) is 0 Å². The van der Waals surface area contributed by atoms with E-state index in [-0.39, 0.29) is 0 Å². The fourth-order valence-corrected chi connectivity index (χ4v) is 0.593. The van der Waals surface area contributed by atoms with Crippen LogP contribution in [0.15, 0.2) is 0 Å². The largest absolute Gasteiger partial charge is 0.394 e. The molecule has 0 N–H and O–H groups in total. The van der Waals surface area contributed by atoms with Gasteiger partial charge in [0, 0.05) is 0 Å². The van der Waals surface area contributed by atoms with Crippen LogP contribution in [-0.2, 0) is 0 Å². The fraction of sp³-hybridized carbons (Fsp3) is 1.00. The Balaban J connectivity index is 5.30. The summed E-state index contributed by atoms with van der Waals surface area (Å²) in [5.74, 6) is -12.9. The molecule has 0 amide bonds. The van der Waals surface area contributed by atoms with Gasteiger partial charge in [0.15, 0.2) is 0 Å². The van der Waals surface area contributed by atoms with E-state index in [4.69, 9.17) is 0 Å². The van der Waals surface area contributed by atoms with Gasteiger partial charge in [0.25, 0.3) is 0 Å². The Morgan fingerprint density at radius 2 is 0.643 bits per heavy atom. The van der Waals surface area contributed by atoms with E-state index in [2.05, 4.69) is 23.2 Å². The van der Waals surface area contributed by atoms with Crippen LogP contribution in [0, 0.1) is 0 Å². The molecular formula is C4Cl2F8. The molecule has 0 aliphatic heterocycles. The first-order chi connectivity index (χ1) is 5.75. The molecule has 0 heterocycles. The lowest BCUT2D eigenvalue weighted by Crippen LogP contribution is -2.58. The standard InChI is InChI=1S/C4Cl2F8/c5-3(11,12)1(7,8)2(9,10)4(6,13)14. The van der Waals surface area contributed by atoms with Crippen LogP contribution in [0.3, 0.4) is 0 Å². The molecule has 0 aromatic rings. The smallest absolute Gasteiger partial charge is 0.191 e. The lowest BCUT2D eigenvalue weighted by atomic mass is 10.2. The highest BCUT2D eigenvalue weighted by atomic mass is 35.5. The summed E-state index contributed by atoms with van der Waals surface area (Å²) in [4.78, 5) is 0. The molecule has 0 fully saturated rings. The number of halogens is 10. The van der Waals surface area contributed by atoms with Crippen molar-refractivity contribution in [3.63, 3.8) is 0 Å². The third-order valence-electron chi connectivity index (χ3n) is 1.11. The molecule has 14 heavy (non-hydrogen) atoms. The maximum Gasteiger partial charge on any atom is 0.394 e. The first kappa shape index (κ1) is 14.0. The van der Waals surface area contributed by atoms with E-state index in [1.165, 1.54) is 0 Å². The Morgan fingerprint density at radius 3 is 0.714 bits per heavy atom. The summed E-state index contributed by atoms with van der Waals surface area (Å²) in [7, 11) is 0. The zero-order valence-electron chi connectivity index (χ0n) is 5.78. The minimum absolute atomic E-state index is 3.56. The predicted octanol–water partition coefficient (Wildman–Crippen LogP) is 3.92. The van der Waals surface area contributed by atoms with Crippen LogP contribution in [0.25, 0.3) is 0 Å². The Morgan fingerprint density at radius 1 is 0.500 bits per heavy atom. The van der Waals surface area contributed by atoms with Crippen LogP contribution < -0.4 is 0 Å². The molecule has 0 aromatic carbocycles. The average molecular weight is 271 g/mol. The number of alkyl halides is 10. The van der Waals surface area contributed by atoms with Gasteiger partial charge in [-0.2, -0.15) is 35.1 Å². The van der Waals surface area contributed by atoms with Crippen molar-refractivity contribution in [2.75, 3.05) is 0 Å². The molecule has 10 heteroatoms. The van der Waals surface area contributed by atoms with Crippen molar-refractivity contribution in [2.45, 2.75) is 22.6 Å². The van der Waals surface area contributed by atoms with Crippen LogP contribution >= 0.6 is 23.2 Å². The Hall–Kier alpha value is 0.0200. The van der Waals surface area contributed by atoms with Crippen molar-refractivity contribution in [2.24, 2.45) is 0 Å². The SMILES string of the molecule is FC(F)(Cl)C(F)(F)C(F)(F)C(F)(F)Cl. The van der Waals surface area contributed by atoms with Crippen molar-refractivity contribution in [3.8, 4) is 0 Å². The summed E-state index contributed by atoms with van der Waals surface area (Å²) < 4.78 is 94.7. The zero-order valence-corrected chi connectivity index (χ0v) is 7.29. The highest BCUT2D eigenvalue weighted by Crippen LogP contribution is 2.55. The van der Waals surface area contributed by atoms with Crippen LogP contribution in [0.4, 0.5) is 35.1 Å². The summed E-state index contributed by atoms with van der Waals surface area (Å²) in [6.07, 6.45) is 0. The highest BCUT2D eigenvalue weighted by Gasteiger charge is 2.80. The monoisotopic (exact) mass is 270 g/mol. The van der Waals surface area contributed by atoms with Crippen molar-refractivity contribution in [1.82, 2.24) is 0 Å². The van der Waals surface area contributed by atoms with E-state index in [1.807, 2.05) is 0 Å². The first-order valence-electron chi connectivity index (χ1n) is 2.64. The van der Waals surface area contributed by atoms with Crippen LogP contribution in [0.5, 0.6) is 0 Å². The Labute approximate surface area is 81.8 Å². The summed E-state index contributed by atoms with van der Waals surface area (Å²) in [6.45, 7) is 0. The third-order valence-corrected chi connectivity index (χ3v) is 1.58. The Bertz CT molecular complexity index is 188. The van der Waals surface area contributed by atoms with Gasteiger partial charge in [0.05, 0.1) is 0 Å². The fourth-order valence-electron chi connectivity index (χ4n) is 0.356. The van der Waals surface area contributed by atoms with Gasteiger partial charge >= 0.3 is 22.6 Å². The molecule has 0 aliphatic rings. The highest BCUT2D eigenvalue weighted by molar-refractivity contribution is 6.24. The normalized spacial score (nSPS) is 15.9. The molecule has 86 valence electrons. The van der Waals surface area contributed by atoms with Crippen molar-refractivity contribution in [1.29, 1.82) is 0 Å². The minimum Gasteiger partial charge on any atom is -0.191 e. The second-order valence-electron chi connectivity index (χ2n) is 2.14. The summed E-state index contributed by atoms with van der Waals surface area (Å²) in [5, 5.41) is -11.7. The first-order valence-corrected chi connectivity index (χ1v) is 3.40. The average Bonchev–Trinajstić information content (AvgIpc) is 1.81. The lowest BCUT2D eigenvalue weighted by Gasteiger charge is -2.31. The van der Waals surface area contributed by atoms with Gasteiger partial charge in [0.2, 0.25) is 0 Å². The quantitative estimate of drug-likeness (QED) is 0.539. The van der Waals surface area contributed by atoms with Gasteiger partial charge < -0.3 is 0 Å². The molecule has 0 aliphatic carbocycles. The van der Waals surface area contributed by atoms with Gasteiger partial charge in [-0.05, 0) is 23.2 Å². The summed E-state index contributed by atoms with van der Waals surface area (Å²) >= 11 is 7.12. The van der Waals surface area contributed by atoms with E-state index >= 15 is 0 Å². The molecule has 0 atom stereocenters. The van der Waals surface area contributed by atoms with Crippen LogP contribution in [0.1, 0.15) is 0 Å². The van der Waals surface area contributed by atoms with Crippen molar-refractivity contribution in [3.05, 3.63) is 0 Å². The molecule has 0 rings (SSSR count). The van der Waals surface area contributed by atoms with E-state index in [0.717, 1.165) is 0 Å². The van der Waals surface area contributed by atoms with Gasteiger partial charge in [-0.3, -0.25) is 0 Å². The summed E-state index contributed by atoms with van der Waals surface area (Å²) in [6, 6.07) is 0. The predicted molar refractivity (Wildman–Crippen MR) is 31.5 cm³/mol. The molecule has 0 bridgehead atoms. The molecule has 0 spiro atoms. The van der Waals surface area contributed by atoms with E-state index in [1.54, 1.807) is 0 Å². The second-order valence-corrected chi connectivity index (χ2v) is 3.09. The zero-order chi connectivity index (χ0) is 12.0. The summed E-state index contributed by atoms with van der Waals surface area (Å²) in [5.41, 5.74) is 0. The third kappa shape index (κ3) is 2.00. The molecule has 0 nitrogen and oxygen atoms in total. The molecule has 0 saturated heterocycles. The van der Waals surface area contributed by atoms with E-state index < -0.39 is 22.6 Å². The van der Waals surface area contributed by atoms with Gasteiger partial charge in [-0.1, -0.05) is 0 Å². The van der Waals surface area contributed by atoms with Gasteiger partial charge in [-0.25, -0.2) is 0 Å².